The number of carbonyl (C=O) groups excluding carboxylic acids is 6. The molecule has 3 aliphatic rings. The molecule has 736 valence electrons. The summed E-state index contributed by atoms with van der Waals surface area (Å²) in [5.74, 6) is 14.5. The van der Waals surface area contributed by atoms with Gasteiger partial charge in [0, 0.05) is 171 Å². The van der Waals surface area contributed by atoms with Crippen molar-refractivity contribution in [1.82, 2.24) is 73.6 Å². The lowest BCUT2D eigenvalue weighted by Gasteiger charge is -2.21. The van der Waals surface area contributed by atoms with E-state index >= 15 is 0 Å². The Labute approximate surface area is 851 Å². The molecule has 147 heavy (non-hydrogen) atoms. The molecule has 6 amide bonds. The number of nitrogens with zero attached hydrogens (tertiary/aromatic N) is 15. The summed E-state index contributed by atoms with van der Waals surface area (Å²) in [6.45, 7) is 8.36. The van der Waals surface area contributed by atoms with Crippen LogP contribution < -0.4 is 41.4 Å². The molecule has 0 radical (unpaired) electrons. The molecule has 0 atom stereocenters. The van der Waals surface area contributed by atoms with Gasteiger partial charge in [-0.3, -0.25) is 71.8 Å². The van der Waals surface area contributed by atoms with Crippen LogP contribution in [0.1, 0.15) is 178 Å². The van der Waals surface area contributed by atoms with Gasteiger partial charge >= 0.3 is 0 Å². The monoisotopic (exact) mass is 1950 g/mol. The Bertz CT molecular complexity index is 8030. The molecule has 10 heterocycles. The molecule has 9 aromatic heterocycles. The number of ether oxygens (including phenoxy) is 2. The third-order valence-corrected chi connectivity index (χ3v) is 25.9. The normalized spacial score (nSPS) is 12.4. The third kappa shape index (κ3) is 25.3. The van der Waals surface area contributed by atoms with E-state index in [1.807, 2.05) is 178 Å². The van der Waals surface area contributed by atoms with E-state index in [-0.39, 0.29) is 42.2 Å². The van der Waals surface area contributed by atoms with Crippen LogP contribution in [0.5, 0.6) is 11.5 Å². The molecule has 29 heteroatoms. The number of para-hydroxylation sites is 1. The number of carbonyl (C=O) groups is 6. The Hall–Kier alpha value is -18.5. The van der Waals surface area contributed by atoms with Crippen LogP contribution in [0.2, 0.25) is 0 Å². The first-order valence-corrected chi connectivity index (χ1v) is 48.6. The number of amides is 6. The molecule has 10 aromatic carbocycles. The second-order valence-corrected chi connectivity index (χ2v) is 36.2. The van der Waals surface area contributed by atoms with E-state index in [0.29, 0.717) is 63.2 Å². The van der Waals surface area contributed by atoms with E-state index in [4.69, 9.17) is 9.47 Å². The van der Waals surface area contributed by atoms with E-state index in [0.717, 1.165) is 105 Å². The highest BCUT2D eigenvalue weighted by molar-refractivity contribution is 6.08. The average Bonchev–Trinajstić information content (AvgIpc) is 0.952. The minimum absolute atomic E-state index is 0.154. The fraction of sp³-hybridized carbons (Fsp3) is 0.195. The molecule has 6 N–H and O–H groups in total. The lowest BCUT2D eigenvalue weighted by atomic mass is 9.84. The summed E-state index contributed by atoms with van der Waals surface area (Å²) in [6, 6.07) is 81.9. The SMILES string of the molecule is Cc1cc(C#CC2CCCCC2)ccc1NC(=O)c1ccnn1C.Cc1cc(C#Cc2cccc3c2OCO3)ccc1NC(=O)c1ccnn1C.Cc1ccccc1-c1ccc2cc(NC(=O)c3ccnn3C)ccc2c1.Cc1ccccc1-c1cnc2cc(NC(=O)c3ccnn3C)ccc2c1.Cn1nccc1C(=O)Nc1ccc2cc(C3CCCCC3)cnc2c1.Cn1nccc1C(=O)Nc1ccc2cccnc2c1. The minimum Gasteiger partial charge on any atom is -0.454 e. The number of anilines is 6. The van der Waals surface area contributed by atoms with E-state index in [1.165, 1.54) is 107 Å². The maximum Gasteiger partial charge on any atom is 0.273 e. The standard InChI is InChI=1S/C22H19N3O.C21H18N4O.C21H17N3O3.C20H22N4O.C20H23N3O.C14H12N4O/c1-15-5-3-4-6-20(15)18-8-7-17-14-19(10-9-16(17)13-18)24-22(26)21-11-12-23-25(21)2;1-14-5-3-4-6-18(14)16-11-15-7-8-17(12-19(15)22-13-16)24-21(26)20-9-10-23-25(20)2;1-14-12-15(6-8-16-4-3-5-19-20(16)27-13-26-19)7-9-17(14)23-21(25)18-10-11-22-24(18)2;1-24-19(9-10-22-24)20(25)23-17-8-7-15-11-16(13-21-18(15)12-17)14-5-3-2-4-6-14;1-15-14-17(9-8-16-6-4-3-5-7-16)10-11-18(15)22-20(24)19-12-13-21-23(19)2;1-18-13(6-8-16-18)14(19)17-11-5-4-10-3-2-7-15-12(10)9-11/h3-14H,1-2H3,(H,24,26);3-13H,1-2H3,(H,24,26);3-5,7,9-12H,13H2,1-2H3,(H,23,25);7-14H,2-6H2,1H3,(H,23,25);10-14,16H,3-7H2,1-2H3,(H,22,24);2-9H,1H3,(H,17,19). The van der Waals surface area contributed by atoms with Gasteiger partial charge in [-0.05, 0) is 272 Å². The van der Waals surface area contributed by atoms with Crippen molar-refractivity contribution in [2.45, 2.75) is 97.8 Å². The van der Waals surface area contributed by atoms with Crippen LogP contribution in [0.15, 0.2) is 311 Å². The van der Waals surface area contributed by atoms with Gasteiger partial charge in [-0.2, -0.15) is 30.6 Å². The van der Waals surface area contributed by atoms with Crippen molar-refractivity contribution >= 4 is 113 Å². The Morgan fingerprint density at radius 1 is 0.313 bits per heavy atom. The van der Waals surface area contributed by atoms with Crippen molar-refractivity contribution in [1.29, 1.82) is 0 Å². The first-order valence-electron chi connectivity index (χ1n) is 48.6. The first kappa shape index (κ1) is 100. The number of pyridine rings is 3. The van der Waals surface area contributed by atoms with Crippen molar-refractivity contribution in [2.75, 3.05) is 38.7 Å². The Kier molecular flexibility index (Phi) is 31.9. The molecule has 19 aromatic rings. The second-order valence-electron chi connectivity index (χ2n) is 36.2. The summed E-state index contributed by atoms with van der Waals surface area (Å²) in [6.07, 6.45) is 28.2. The summed E-state index contributed by atoms with van der Waals surface area (Å²) < 4.78 is 20.1. The topological polar surface area (TPSA) is 339 Å². The summed E-state index contributed by atoms with van der Waals surface area (Å²) in [7, 11) is 10.5. The second kappa shape index (κ2) is 46.9. The molecular formula is C118H111N21O8. The molecule has 0 bridgehead atoms. The highest BCUT2D eigenvalue weighted by atomic mass is 16.7. The Morgan fingerprint density at radius 2 is 0.721 bits per heavy atom. The average molecular weight is 1950 g/mol. The maximum atomic E-state index is 12.3. The van der Waals surface area contributed by atoms with Crippen LogP contribution in [0.25, 0.3) is 65.7 Å². The molecule has 2 saturated carbocycles. The van der Waals surface area contributed by atoms with Gasteiger partial charge < -0.3 is 41.4 Å². The zero-order chi connectivity index (χ0) is 102. The smallest absolute Gasteiger partial charge is 0.273 e. The summed E-state index contributed by atoms with van der Waals surface area (Å²) >= 11 is 0. The van der Waals surface area contributed by atoms with Gasteiger partial charge in [0.1, 0.15) is 34.2 Å². The van der Waals surface area contributed by atoms with Crippen molar-refractivity contribution in [3.8, 4) is 57.4 Å². The summed E-state index contributed by atoms with van der Waals surface area (Å²) in [5.41, 5.74) is 23.3. The van der Waals surface area contributed by atoms with Gasteiger partial charge in [0.25, 0.3) is 35.4 Å². The number of hydrogen-bond donors (Lipinski definition) is 6. The first-order chi connectivity index (χ1) is 71.4. The van der Waals surface area contributed by atoms with Crippen molar-refractivity contribution in [3.05, 3.63) is 389 Å². The van der Waals surface area contributed by atoms with E-state index in [1.54, 1.807) is 141 Å². The zero-order valence-electron chi connectivity index (χ0n) is 83.4. The van der Waals surface area contributed by atoms with E-state index in [9.17, 15) is 28.8 Å². The number of aryl methyl sites for hydroxylation is 10. The van der Waals surface area contributed by atoms with Gasteiger partial charge in [-0.15, -0.1) is 0 Å². The van der Waals surface area contributed by atoms with Gasteiger partial charge in [0.15, 0.2) is 11.5 Å². The molecule has 2 aliphatic carbocycles. The van der Waals surface area contributed by atoms with Crippen LogP contribution in [0, 0.1) is 57.3 Å². The highest BCUT2D eigenvalue weighted by Gasteiger charge is 2.23. The number of fused-ring (bicyclic) bond motifs is 5. The molecule has 0 unspecified atom stereocenters. The van der Waals surface area contributed by atoms with E-state index < -0.39 is 0 Å². The lowest BCUT2D eigenvalue weighted by Crippen LogP contribution is -2.16. The van der Waals surface area contributed by atoms with Gasteiger partial charge in [-0.1, -0.05) is 159 Å². The van der Waals surface area contributed by atoms with Gasteiger partial charge in [0.2, 0.25) is 6.79 Å². The fourth-order valence-electron chi connectivity index (χ4n) is 17.7. The van der Waals surface area contributed by atoms with Crippen molar-refractivity contribution in [2.24, 2.45) is 48.2 Å². The molecule has 29 nitrogen and oxygen atoms in total. The summed E-state index contributed by atoms with van der Waals surface area (Å²) in [5, 5.41) is 46.9. The van der Waals surface area contributed by atoms with Crippen molar-refractivity contribution < 1.29 is 38.2 Å². The maximum absolute atomic E-state index is 12.3. The molecular weight excluding hydrogens is 1840 g/mol. The number of aromatic nitrogens is 15. The predicted molar refractivity (Wildman–Crippen MR) is 577 cm³/mol. The number of nitrogens with one attached hydrogen (secondary N) is 6. The molecule has 0 spiro atoms. The zero-order valence-corrected chi connectivity index (χ0v) is 83.4. The van der Waals surface area contributed by atoms with Crippen molar-refractivity contribution in [3.63, 3.8) is 0 Å². The number of benzene rings is 10. The van der Waals surface area contributed by atoms with Gasteiger partial charge in [-0.25, -0.2) is 0 Å². The molecule has 0 saturated heterocycles. The van der Waals surface area contributed by atoms with Crippen LogP contribution in [-0.2, 0) is 42.3 Å². The predicted octanol–water partition coefficient (Wildman–Crippen LogP) is 22.5. The quantitative estimate of drug-likeness (QED) is 0.0519. The lowest BCUT2D eigenvalue weighted by molar-refractivity contribution is 0.101. The fourth-order valence-corrected chi connectivity index (χ4v) is 17.7. The number of hydrogen-bond acceptors (Lipinski definition) is 17. The summed E-state index contributed by atoms with van der Waals surface area (Å²) in [4.78, 5) is 87.1. The highest BCUT2D eigenvalue weighted by Crippen LogP contribution is 2.38. The minimum atomic E-state index is -0.200. The van der Waals surface area contributed by atoms with Crippen LogP contribution in [-0.4, -0.2) is 116 Å². The number of rotatable bonds is 15. The molecule has 2 fully saturated rings. The van der Waals surface area contributed by atoms with E-state index in [2.05, 4.69) is 182 Å². The third-order valence-electron chi connectivity index (χ3n) is 25.9. The van der Waals surface area contributed by atoms with Crippen LogP contribution in [0.3, 0.4) is 0 Å². The Balaban J connectivity index is 0.000000121. The molecule has 22 rings (SSSR count). The Morgan fingerprint density at radius 3 is 1.20 bits per heavy atom. The molecule has 1 aliphatic heterocycles. The van der Waals surface area contributed by atoms with Crippen LogP contribution in [0.4, 0.5) is 34.1 Å². The largest absolute Gasteiger partial charge is 0.454 e. The van der Waals surface area contributed by atoms with Gasteiger partial charge in [0.05, 0.1) is 22.1 Å². The van der Waals surface area contributed by atoms with Crippen LogP contribution >= 0.6 is 0 Å².